The highest BCUT2D eigenvalue weighted by molar-refractivity contribution is 7.92. The molecule has 2 aromatic rings. The summed E-state index contributed by atoms with van der Waals surface area (Å²) in [5, 5.41) is 5.31. The number of benzene rings is 2. The number of nitrogens with zero attached hydrogens (tertiary/aromatic N) is 1. The van der Waals surface area contributed by atoms with Gasteiger partial charge in [0.15, 0.2) is 0 Å². The van der Waals surface area contributed by atoms with Gasteiger partial charge in [0, 0.05) is 5.69 Å². The number of amides is 4. The molecule has 4 amide bonds. The number of anilines is 2. The van der Waals surface area contributed by atoms with Crippen molar-refractivity contribution in [2.24, 2.45) is 5.92 Å². The Bertz CT molecular complexity index is 1250. The molecular weight excluding hydrogens is 463 g/mol. The third-order valence-corrected chi connectivity index (χ3v) is 7.71. The molecule has 2 atom stereocenters. The number of rotatable bonds is 6. The van der Waals surface area contributed by atoms with Crippen molar-refractivity contribution in [1.29, 1.82) is 0 Å². The minimum absolute atomic E-state index is 0.0328. The Hall–Kier alpha value is -3.47. The van der Waals surface area contributed by atoms with Gasteiger partial charge in [0.2, 0.25) is 5.91 Å². The Kier molecular flexibility index (Phi) is 6.30. The molecule has 11 heteroatoms. The van der Waals surface area contributed by atoms with E-state index in [1.165, 1.54) is 42.5 Å². The number of hydrogen-bond donors (Lipinski definition) is 3. The predicted molar refractivity (Wildman–Crippen MR) is 123 cm³/mol. The van der Waals surface area contributed by atoms with Crippen LogP contribution in [0.25, 0.3) is 0 Å². The lowest BCUT2D eigenvalue weighted by Gasteiger charge is -2.36. The van der Waals surface area contributed by atoms with E-state index in [1.807, 2.05) is 6.92 Å². The lowest BCUT2D eigenvalue weighted by Crippen LogP contribution is -2.54. The van der Waals surface area contributed by atoms with Crippen LogP contribution in [0.1, 0.15) is 32.6 Å². The number of hydrogen-bond acceptors (Lipinski definition) is 5. The number of carbonyl (C=O) groups excluding carboxylic acids is 3. The van der Waals surface area contributed by atoms with Gasteiger partial charge in [0.05, 0.1) is 10.6 Å². The van der Waals surface area contributed by atoms with Gasteiger partial charge in [0.1, 0.15) is 17.9 Å². The van der Waals surface area contributed by atoms with Crippen molar-refractivity contribution in [3.8, 4) is 0 Å². The van der Waals surface area contributed by atoms with Crippen LogP contribution in [0.2, 0.25) is 0 Å². The first-order valence-corrected chi connectivity index (χ1v) is 12.4. The molecule has 3 N–H and O–H groups in total. The first kappa shape index (κ1) is 23.7. The van der Waals surface area contributed by atoms with Crippen LogP contribution in [-0.2, 0) is 19.6 Å². The van der Waals surface area contributed by atoms with Crippen molar-refractivity contribution < 1.29 is 27.2 Å². The quantitative estimate of drug-likeness (QED) is 0.539. The molecule has 4 rings (SSSR count). The average Bonchev–Trinajstić information content (AvgIpc) is 3.02. The zero-order valence-corrected chi connectivity index (χ0v) is 19.3. The maximum Gasteiger partial charge on any atom is 0.325 e. The summed E-state index contributed by atoms with van der Waals surface area (Å²) in [6.45, 7) is 1.42. The molecule has 1 saturated heterocycles. The minimum atomic E-state index is -4.13. The number of nitrogens with one attached hydrogen (secondary N) is 3. The summed E-state index contributed by atoms with van der Waals surface area (Å²) in [4.78, 5) is 38.8. The van der Waals surface area contributed by atoms with Crippen LogP contribution < -0.4 is 15.4 Å². The van der Waals surface area contributed by atoms with E-state index in [0.29, 0.717) is 6.42 Å². The van der Waals surface area contributed by atoms with Gasteiger partial charge in [-0.05, 0) is 49.1 Å². The van der Waals surface area contributed by atoms with Crippen molar-refractivity contribution >= 4 is 39.2 Å². The van der Waals surface area contributed by atoms with Gasteiger partial charge in [-0.15, -0.1) is 0 Å². The highest BCUT2D eigenvalue weighted by Gasteiger charge is 2.55. The topological polar surface area (TPSA) is 125 Å². The number of halogens is 1. The van der Waals surface area contributed by atoms with Crippen molar-refractivity contribution in [3.05, 3.63) is 54.3 Å². The fourth-order valence-electron chi connectivity index (χ4n) is 4.47. The molecule has 2 aromatic carbocycles. The van der Waals surface area contributed by atoms with Gasteiger partial charge in [0.25, 0.3) is 15.9 Å². The van der Waals surface area contributed by atoms with Crippen molar-refractivity contribution in [2.45, 2.75) is 43.0 Å². The smallest absolute Gasteiger partial charge is 0.324 e. The van der Waals surface area contributed by atoms with E-state index in [9.17, 15) is 27.2 Å². The Morgan fingerprint density at radius 1 is 1.18 bits per heavy atom. The van der Waals surface area contributed by atoms with E-state index in [2.05, 4.69) is 15.4 Å². The molecular formula is C23H25FN4O5S. The van der Waals surface area contributed by atoms with Crippen molar-refractivity contribution in [3.63, 3.8) is 0 Å². The number of para-hydroxylation sites is 1. The number of urea groups is 1. The fourth-order valence-corrected chi connectivity index (χ4v) is 5.58. The molecule has 2 fully saturated rings. The molecule has 180 valence electrons. The van der Waals surface area contributed by atoms with Crippen LogP contribution >= 0.6 is 0 Å². The number of imide groups is 1. The van der Waals surface area contributed by atoms with Crippen molar-refractivity contribution in [1.82, 2.24) is 10.2 Å². The summed E-state index contributed by atoms with van der Waals surface area (Å²) in [6.07, 6.45) is 3.15. The monoisotopic (exact) mass is 488 g/mol. The first-order chi connectivity index (χ1) is 16.1. The molecule has 9 nitrogen and oxygen atoms in total. The maximum atomic E-state index is 13.9. The van der Waals surface area contributed by atoms with Gasteiger partial charge in [-0.1, -0.05) is 38.0 Å². The Balaban J connectivity index is 1.45. The number of carbonyl (C=O) groups is 3. The van der Waals surface area contributed by atoms with Crippen LogP contribution in [0.5, 0.6) is 0 Å². The molecule has 2 aliphatic rings. The Morgan fingerprint density at radius 3 is 2.68 bits per heavy atom. The molecule has 1 aliphatic heterocycles. The second-order valence-corrected chi connectivity index (χ2v) is 10.3. The zero-order chi connectivity index (χ0) is 24.5. The second-order valence-electron chi connectivity index (χ2n) is 8.60. The first-order valence-electron chi connectivity index (χ1n) is 10.9. The average molecular weight is 489 g/mol. The standard InChI is InChI=1S/C23H25FN4O5S/c1-15-7-4-5-12-23(15)21(30)28(22(31)26-23)14-20(29)25-16-8-6-9-17(13-16)34(32,33)27-19-11-3-2-10-18(19)24/h2-3,6,8-11,13,15,27H,4-5,7,12,14H2,1H3,(H,25,29)(H,26,31)/t15-,23+/m0/s1. The normalized spacial score (nSPS) is 22.5. The SMILES string of the molecule is C[C@H]1CCCC[C@@]12NC(=O)N(CC(=O)Nc1cccc(S(=O)(=O)Nc3ccccc3F)c1)C2=O. The summed E-state index contributed by atoms with van der Waals surface area (Å²) >= 11 is 0. The minimum Gasteiger partial charge on any atom is -0.324 e. The second kappa shape index (κ2) is 9.05. The maximum absolute atomic E-state index is 13.9. The fraction of sp³-hybridized carbons (Fsp3) is 0.348. The van der Waals surface area contributed by atoms with Gasteiger partial charge >= 0.3 is 6.03 Å². The van der Waals surface area contributed by atoms with Gasteiger partial charge in [-0.25, -0.2) is 17.6 Å². The van der Waals surface area contributed by atoms with Crippen LogP contribution in [-0.4, -0.2) is 43.2 Å². The summed E-state index contributed by atoms with van der Waals surface area (Å²) < 4.78 is 41.3. The predicted octanol–water partition coefficient (Wildman–Crippen LogP) is 3.07. The molecule has 0 bridgehead atoms. The molecule has 34 heavy (non-hydrogen) atoms. The van der Waals surface area contributed by atoms with E-state index in [1.54, 1.807) is 0 Å². The molecule has 1 aliphatic carbocycles. The highest BCUT2D eigenvalue weighted by Crippen LogP contribution is 2.38. The van der Waals surface area contributed by atoms with E-state index in [4.69, 9.17) is 0 Å². The molecule has 1 saturated carbocycles. The van der Waals surface area contributed by atoms with Gasteiger partial charge < -0.3 is 10.6 Å². The van der Waals surface area contributed by atoms with Gasteiger partial charge in [-0.2, -0.15) is 0 Å². The third-order valence-electron chi connectivity index (χ3n) is 6.35. The van der Waals surface area contributed by atoms with Crippen LogP contribution in [0, 0.1) is 11.7 Å². The largest absolute Gasteiger partial charge is 0.325 e. The molecule has 0 unspecified atom stereocenters. The lowest BCUT2D eigenvalue weighted by atomic mass is 9.73. The summed E-state index contributed by atoms with van der Waals surface area (Å²) in [5.41, 5.74) is -1.03. The van der Waals surface area contributed by atoms with Crippen LogP contribution in [0.4, 0.5) is 20.6 Å². The molecule has 0 aromatic heterocycles. The highest BCUT2D eigenvalue weighted by atomic mass is 32.2. The van der Waals surface area contributed by atoms with E-state index in [0.717, 1.165) is 30.2 Å². The van der Waals surface area contributed by atoms with E-state index < -0.39 is 45.8 Å². The Morgan fingerprint density at radius 2 is 1.94 bits per heavy atom. The summed E-state index contributed by atoms with van der Waals surface area (Å²) in [6, 6.07) is 10.1. The van der Waals surface area contributed by atoms with E-state index >= 15 is 0 Å². The zero-order valence-electron chi connectivity index (χ0n) is 18.5. The number of sulfonamides is 1. The molecule has 1 heterocycles. The van der Waals surface area contributed by atoms with Crippen LogP contribution in [0.15, 0.2) is 53.4 Å². The molecule has 1 spiro atoms. The molecule has 0 radical (unpaired) electrons. The van der Waals surface area contributed by atoms with E-state index in [-0.39, 0.29) is 22.2 Å². The van der Waals surface area contributed by atoms with Gasteiger partial charge in [-0.3, -0.25) is 19.2 Å². The third kappa shape index (κ3) is 4.47. The summed E-state index contributed by atoms with van der Waals surface area (Å²) in [7, 11) is -4.13. The van der Waals surface area contributed by atoms with Crippen LogP contribution in [0.3, 0.4) is 0 Å². The summed E-state index contributed by atoms with van der Waals surface area (Å²) in [5.74, 6) is -1.82. The Labute approximate surface area is 196 Å². The lowest BCUT2D eigenvalue weighted by molar-refractivity contribution is -0.136. The van der Waals surface area contributed by atoms with Crippen molar-refractivity contribution in [2.75, 3.05) is 16.6 Å².